The van der Waals surface area contributed by atoms with E-state index >= 15 is 0 Å². The molecule has 110 valence electrons. The molecule has 0 amide bonds. The molecule has 0 radical (unpaired) electrons. The van der Waals surface area contributed by atoms with Gasteiger partial charge in [-0.05, 0) is 31.4 Å². The second kappa shape index (κ2) is 4.38. The predicted octanol–water partition coefficient (Wildman–Crippen LogP) is 4.06. The highest BCUT2D eigenvalue weighted by Gasteiger charge is 2.25. The van der Waals surface area contributed by atoms with Gasteiger partial charge in [-0.1, -0.05) is 6.07 Å². The van der Waals surface area contributed by atoms with Crippen molar-refractivity contribution in [3.63, 3.8) is 0 Å². The summed E-state index contributed by atoms with van der Waals surface area (Å²) in [5.74, 6) is 1.48. The Kier molecular flexibility index (Phi) is 2.46. The van der Waals surface area contributed by atoms with Crippen molar-refractivity contribution in [1.29, 1.82) is 0 Å². The van der Waals surface area contributed by atoms with Gasteiger partial charge in [0.05, 0.1) is 11.0 Å². The molecule has 0 spiro atoms. The van der Waals surface area contributed by atoms with Crippen LogP contribution < -0.4 is 0 Å². The van der Waals surface area contributed by atoms with Crippen molar-refractivity contribution in [2.45, 2.75) is 38.1 Å². The average molecular weight is 293 g/mol. The smallest absolute Gasteiger partial charge is 0.133 e. The number of imidazole rings is 1. The minimum atomic E-state index is -0.217. The zero-order valence-corrected chi connectivity index (χ0v) is 12.2. The van der Waals surface area contributed by atoms with Crippen LogP contribution in [0.25, 0.3) is 22.2 Å². The fourth-order valence-electron chi connectivity index (χ4n) is 3.44. The van der Waals surface area contributed by atoms with E-state index in [9.17, 15) is 4.39 Å². The number of rotatable bonds is 2. The normalized spacial score (nSPS) is 17.1. The standard InChI is InChI=1S/C18H16FN3/c19-14-9-16-17(22-7-1-2-18(22)21-16)8-13(14)12-5-6-15(20-10-12)11-3-4-11/h5-6,8-11H,1-4,7H2. The average Bonchev–Trinajstić information content (AvgIpc) is 3.19. The molecule has 0 N–H and O–H groups in total. The topological polar surface area (TPSA) is 30.7 Å². The SMILES string of the molecule is Fc1cc2nc3n(c2cc1-c1ccc(C2CC2)nc1)CCC3. The minimum Gasteiger partial charge on any atom is -0.328 e. The van der Waals surface area contributed by atoms with Gasteiger partial charge in [0.15, 0.2) is 0 Å². The van der Waals surface area contributed by atoms with Gasteiger partial charge in [-0.3, -0.25) is 4.98 Å². The van der Waals surface area contributed by atoms with Gasteiger partial charge in [-0.15, -0.1) is 0 Å². The lowest BCUT2D eigenvalue weighted by Crippen LogP contribution is -1.93. The summed E-state index contributed by atoms with van der Waals surface area (Å²) in [7, 11) is 0. The quantitative estimate of drug-likeness (QED) is 0.713. The molecule has 0 bridgehead atoms. The third kappa shape index (κ3) is 1.79. The predicted molar refractivity (Wildman–Crippen MR) is 83.2 cm³/mol. The van der Waals surface area contributed by atoms with E-state index in [1.54, 1.807) is 12.3 Å². The van der Waals surface area contributed by atoms with Gasteiger partial charge in [0.2, 0.25) is 0 Å². The highest BCUT2D eigenvalue weighted by Crippen LogP contribution is 2.39. The third-order valence-electron chi connectivity index (χ3n) is 4.79. The first kappa shape index (κ1) is 12.3. The number of pyridine rings is 1. The van der Waals surface area contributed by atoms with Gasteiger partial charge in [-0.2, -0.15) is 0 Å². The van der Waals surface area contributed by atoms with Crippen molar-refractivity contribution in [3.05, 3.63) is 47.8 Å². The Morgan fingerprint density at radius 1 is 1.18 bits per heavy atom. The number of hydrogen-bond donors (Lipinski definition) is 0. The first-order valence-electron chi connectivity index (χ1n) is 7.94. The number of aromatic nitrogens is 3. The molecule has 1 aliphatic heterocycles. The van der Waals surface area contributed by atoms with Gasteiger partial charge >= 0.3 is 0 Å². The molecule has 1 saturated carbocycles. The van der Waals surface area contributed by atoms with Crippen LogP contribution in [-0.4, -0.2) is 14.5 Å². The Morgan fingerprint density at radius 3 is 2.86 bits per heavy atom. The lowest BCUT2D eigenvalue weighted by atomic mass is 10.1. The summed E-state index contributed by atoms with van der Waals surface area (Å²) in [6.45, 7) is 0.982. The summed E-state index contributed by atoms with van der Waals surface area (Å²) < 4.78 is 16.7. The van der Waals surface area contributed by atoms with Crippen LogP contribution in [0.2, 0.25) is 0 Å². The second-order valence-corrected chi connectivity index (χ2v) is 6.35. The van der Waals surface area contributed by atoms with Crippen LogP contribution in [0.4, 0.5) is 4.39 Å². The van der Waals surface area contributed by atoms with Crippen LogP contribution in [0.15, 0.2) is 30.5 Å². The van der Waals surface area contributed by atoms with Gasteiger partial charge < -0.3 is 4.57 Å². The van der Waals surface area contributed by atoms with Crippen LogP contribution in [0.1, 0.15) is 36.7 Å². The molecule has 3 aromatic rings. The fourth-order valence-corrected chi connectivity index (χ4v) is 3.44. The molecule has 2 aromatic heterocycles. The summed E-state index contributed by atoms with van der Waals surface area (Å²) in [6.07, 6.45) is 6.38. The van der Waals surface area contributed by atoms with Gasteiger partial charge in [0, 0.05) is 48.0 Å². The number of nitrogens with zero attached hydrogens (tertiary/aromatic N) is 3. The molecule has 5 rings (SSSR count). The molecule has 22 heavy (non-hydrogen) atoms. The molecular formula is C18H16FN3. The number of aryl methyl sites for hydroxylation is 2. The van der Waals surface area contributed by atoms with Crippen molar-refractivity contribution in [1.82, 2.24) is 14.5 Å². The summed E-state index contributed by atoms with van der Waals surface area (Å²) in [5.41, 5.74) is 4.40. The molecule has 0 saturated heterocycles. The molecule has 3 heterocycles. The number of fused-ring (bicyclic) bond motifs is 3. The molecule has 3 nitrogen and oxygen atoms in total. The number of halogens is 1. The largest absolute Gasteiger partial charge is 0.328 e. The Bertz CT molecular complexity index is 875. The van der Waals surface area contributed by atoms with Crippen molar-refractivity contribution in [2.24, 2.45) is 0 Å². The Morgan fingerprint density at radius 2 is 2.09 bits per heavy atom. The van der Waals surface area contributed by atoms with Crippen molar-refractivity contribution < 1.29 is 4.39 Å². The van der Waals surface area contributed by atoms with E-state index < -0.39 is 0 Å². The van der Waals surface area contributed by atoms with E-state index in [0.29, 0.717) is 11.5 Å². The molecule has 4 heteroatoms. The fraction of sp³-hybridized carbons (Fsp3) is 0.333. The van der Waals surface area contributed by atoms with Crippen molar-refractivity contribution in [3.8, 4) is 11.1 Å². The maximum Gasteiger partial charge on any atom is 0.133 e. The van der Waals surface area contributed by atoms with E-state index in [-0.39, 0.29) is 5.82 Å². The Balaban J connectivity index is 1.64. The zero-order chi connectivity index (χ0) is 14.7. The molecule has 1 aromatic carbocycles. The lowest BCUT2D eigenvalue weighted by Gasteiger charge is -2.06. The van der Waals surface area contributed by atoms with Crippen molar-refractivity contribution in [2.75, 3.05) is 0 Å². The second-order valence-electron chi connectivity index (χ2n) is 6.35. The number of benzene rings is 1. The molecule has 0 atom stereocenters. The van der Waals surface area contributed by atoms with Gasteiger partial charge in [0.25, 0.3) is 0 Å². The first-order valence-corrected chi connectivity index (χ1v) is 7.94. The van der Waals surface area contributed by atoms with Crippen molar-refractivity contribution >= 4 is 11.0 Å². The molecule has 0 unspecified atom stereocenters. The van der Waals surface area contributed by atoms with E-state index in [0.717, 1.165) is 47.5 Å². The van der Waals surface area contributed by atoms with Crippen LogP contribution in [-0.2, 0) is 13.0 Å². The number of hydrogen-bond acceptors (Lipinski definition) is 2. The van der Waals surface area contributed by atoms with E-state index in [4.69, 9.17) is 0 Å². The van der Waals surface area contributed by atoms with E-state index in [2.05, 4.69) is 14.5 Å². The maximum atomic E-state index is 14.5. The summed E-state index contributed by atoms with van der Waals surface area (Å²) in [5, 5.41) is 0. The van der Waals surface area contributed by atoms with Crippen LogP contribution in [0.3, 0.4) is 0 Å². The summed E-state index contributed by atoms with van der Waals surface area (Å²) in [6, 6.07) is 7.52. The monoisotopic (exact) mass is 293 g/mol. The minimum absolute atomic E-state index is 0.217. The Labute approximate surface area is 127 Å². The van der Waals surface area contributed by atoms with E-state index in [1.165, 1.54) is 12.8 Å². The first-order chi connectivity index (χ1) is 10.8. The van der Waals surface area contributed by atoms with Crippen LogP contribution in [0.5, 0.6) is 0 Å². The van der Waals surface area contributed by atoms with Gasteiger partial charge in [0.1, 0.15) is 11.6 Å². The zero-order valence-electron chi connectivity index (χ0n) is 12.2. The van der Waals surface area contributed by atoms with E-state index in [1.807, 2.05) is 18.2 Å². The highest BCUT2D eigenvalue weighted by molar-refractivity contribution is 5.83. The maximum absolute atomic E-state index is 14.5. The molecule has 2 aliphatic rings. The highest BCUT2D eigenvalue weighted by atomic mass is 19.1. The summed E-state index contributed by atoms with van der Waals surface area (Å²) >= 11 is 0. The van der Waals surface area contributed by atoms with Crippen LogP contribution >= 0.6 is 0 Å². The van der Waals surface area contributed by atoms with Crippen LogP contribution in [0, 0.1) is 5.82 Å². The Hall–Kier alpha value is -2.23. The third-order valence-corrected chi connectivity index (χ3v) is 4.79. The molecule has 1 aliphatic carbocycles. The lowest BCUT2D eigenvalue weighted by molar-refractivity contribution is 0.632. The molecule has 1 fully saturated rings. The van der Waals surface area contributed by atoms with Gasteiger partial charge in [-0.25, -0.2) is 9.37 Å². The molecular weight excluding hydrogens is 277 g/mol. The summed E-state index contributed by atoms with van der Waals surface area (Å²) in [4.78, 5) is 9.05.